The Morgan fingerprint density at radius 1 is 1.16 bits per heavy atom. The summed E-state index contributed by atoms with van der Waals surface area (Å²) in [5, 5.41) is 13.0. The van der Waals surface area contributed by atoms with Crippen molar-refractivity contribution in [2.24, 2.45) is 0 Å². The van der Waals surface area contributed by atoms with Gasteiger partial charge in [0, 0.05) is 19.2 Å². The number of aromatic nitrogens is 2. The van der Waals surface area contributed by atoms with Crippen molar-refractivity contribution in [1.29, 1.82) is 0 Å². The van der Waals surface area contributed by atoms with Crippen molar-refractivity contribution in [2.75, 3.05) is 6.54 Å². The number of aryl methyl sites for hydroxylation is 1. The Morgan fingerprint density at radius 2 is 1.88 bits per heavy atom. The predicted molar refractivity (Wildman–Crippen MR) is 80.8 cm³/mol. The summed E-state index contributed by atoms with van der Waals surface area (Å²) in [7, 11) is 0. The maximum Gasteiger partial charge on any atom is 0.410 e. The molecule has 132 valence electrons. The minimum absolute atomic E-state index is 0.0829. The molecule has 0 aliphatic carbocycles. The smallest absolute Gasteiger partial charge is 0.410 e. The molecule has 0 fully saturated rings. The molecule has 9 heteroatoms. The van der Waals surface area contributed by atoms with Crippen molar-refractivity contribution < 1.29 is 28.2 Å². The molecule has 3 rings (SSSR count). The summed E-state index contributed by atoms with van der Waals surface area (Å²) in [4.78, 5) is 24.6. The van der Waals surface area contributed by atoms with Gasteiger partial charge in [-0.2, -0.15) is 5.10 Å². The Kier molecular flexibility index (Phi) is 4.64. The lowest BCUT2D eigenvalue weighted by Gasteiger charge is -2.19. The van der Waals surface area contributed by atoms with Crippen LogP contribution in [0.5, 0.6) is 0 Å². The highest BCUT2D eigenvalue weighted by atomic mass is 19.1. The maximum atomic E-state index is 13.1. The third kappa shape index (κ3) is 3.93. The first-order valence-electron chi connectivity index (χ1n) is 7.59. The zero-order valence-corrected chi connectivity index (χ0v) is 13.1. The zero-order chi connectivity index (χ0) is 18.0. The quantitative estimate of drug-likeness (QED) is 0.918. The highest BCUT2D eigenvalue weighted by Gasteiger charge is 2.23. The van der Waals surface area contributed by atoms with Gasteiger partial charge in [-0.25, -0.2) is 18.4 Å². The Labute approximate surface area is 141 Å². The van der Waals surface area contributed by atoms with E-state index in [1.807, 2.05) is 0 Å². The van der Waals surface area contributed by atoms with Crippen LogP contribution in [0.15, 0.2) is 24.3 Å². The van der Waals surface area contributed by atoms with E-state index >= 15 is 0 Å². The van der Waals surface area contributed by atoms with Crippen LogP contribution in [0.25, 0.3) is 0 Å². The molecule has 0 unspecified atom stereocenters. The van der Waals surface area contributed by atoms with Gasteiger partial charge in [-0.15, -0.1) is 0 Å². The first kappa shape index (κ1) is 16.9. The minimum Gasteiger partial charge on any atom is -0.476 e. The van der Waals surface area contributed by atoms with Gasteiger partial charge >= 0.3 is 12.1 Å². The number of ether oxygens (including phenoxy) is 1. The van der Waals surface area contributed by atoms with E-state index in [1.165, 1.54) is 11.0 Å². The van der Waals surface area contributed by atoms with Crippen molar-refractivity contribution in [3.8, 4) is 0 Å². The fraction of sp³-hybridized carbons (Fsp3) is 0.312. The molecular formula is C16H15F2N3O4. The van der Waals surface area contributed by atoms with Gasteiger partial charge in [0.05, 0.1) is 12.2 Å². The summed E-state index contributed by atoms with van der Waals surface area (Å²) in [6.45, 7) is 0.782. The molecule has 0 atom stereocenters. The van der Waals surface area contributed by atoms with E-state index in [4.69, 9.17) is 9.84 Å². The number of hydrogen-bond acceptors (Lipinski definition) is 4. The van der Waals surface area contributed by atoms with Gasteiger partial charge in [-0.1, -0.05) is 0 Å². The van der Waals surface area contributed by atoms with Gasteiger partial charge in [0.2, 0.25) is 0 Å². The van der Waals surface area contributed by atoms with Crippen molar-refractivity contribution in [2.45, 2.75) is 26.1 Å². The van der Waals surface area contributed by atoms with E-state index in [-0.39, 0.29) is 24.4 Å². The van der Waals surface area contributed by atoms with Gasteiger partial charge in [0.25, 0.3) is 0 Å². The van der Waals surface area contributed by atoms with E-state index < -0.39 is 23.7 Å². The number of carbonyl (C=O) groups excluding carboxylic acids is 1. The third-order valence-corrected chi connectivity index (χ3v) is 3.78. The summed E-state index contributed by atoms with van der Waals surface area (Å²) in [6, 6.07) is 4.33. The SMILES string of the molecule is O=C(O)c1cc2n(n1)CCCN(C(=O)OCc1cc(F)cc(F)c1)C2. The molecule has 2 heterocycles. The van der Waals surface area contributed by atoms with E-state index in [2.05, 4.69) is 5.10 Å². The van der Waals surface area contributed by atoms with Crippen LogP contribution in [0.3, 0.4) is 0 Å². The largest absolute Gasteiger partial charge is 0.476 e. The molecule has 0 bridgehead atoms. The van der Waals surface area contributed by atoms with Crippen LogP contribution in [0.4, 0.5) is 13.6 Å². The van der Waals surface area contributed by atoms with Crippen LogP contribution in [-0.2, 0) is 24.4 Å². The zero-order valence-electron chi connectivity index (χ0n) is 13.1. The summed E-state index contributed by atoms with van der Waals surface area (Å²) in [5.74, 6) is -2.63. The summed E-state index contributed by atoms with van der Waals surface area (Å²) < 4.78 is 33.0. The second-order valence-electron chi connectivity index (χ2n) is 5.66. The number of aromatic carboxylic acids is 1. The Bertz CT molecular complexity index is 801. The average molecular weight is 351 g/mol. The molecule has 1 amide bonds. The van der Waals surface area contributed by atoms with Gasteiger partial charge in [-0.05, 0) is 30.2 Å². The van der Waals surface area contributed by atoms with Crippen LogP contribution in [-0.4, -0.2) is 38.4 Å². The van der Waals surface area contributed by atoms with Crippen LogP contribution in [0.1, 0.15) is 28.2 Å². The molecular weight excluding hydrogens is 336 g/mol. The molecule has 25 heavy (non-hydrogen) atoms. The third-order valence-electron chi connectivity index (χ3n) is 3.78. The molecule has 1 aliphatic heterocycles. The molecule has 1 aromatic carbocycles. The Hall–Kier alpha value is -2.97. The molecule has 7 nitrogen and oxygen atoms in total. The van der Waals surface area contributed by atoms with Crippen LogP contribution in [0, 0.1) is 11.6 Å². The first-order chi connectivity index (χ1) is 11.9. The van der Waals surface area contributed by atoms with Crippen LogP contribution >= 0.6 is 0 Å². The topological polar surface area (TPSA) is 84.7 Å². The van der Waals surface area contributed by atoms with Crippen molar-refractivity contribution in [1.82, 2.24) is 14.7 Å². The monoisotopic (exact) mass is 351 g/mol. The normalized spacial score (nSPS) is 13.9. The molecule has 1 N–H and O–H groups in total. The highest BCUT2D eigenvalue weighted by Crippen LogP contribution is 2.16. The lowest BCUT2D eigenvalue weighted by molar-refractivity contribution is 0.0689. The molecule has 0 saturated carbocycles. The average Bonchev–Trinajstić information content (AvgIpc) is 2.84. The lowest BCUT2D eigenvalue weighted by Crippen LogP contribution is -2.31. The lowest BCUT2D eigenvalue weighted by atomic mass is 10.2. The number of carboxylic acid groups (broad SMARTS) is 1. The number of amides is 1. The van der Waals surface area contributed by atoms with Crippen LogP contribution in [0.2, 0.25) is 0 Å². The second-order valence-corrected chi connectivity index (χ2v) is 5.66. The maximum absolute atomic E-state index is 13.1. The first-order valence-corrected chi connectivity index (χ1v) is 7.59. The number of hydrogen-bond donors (Lipinski definition) is 1. The molecule has 0 spiro atoms. The van der Waals surface area contributed by atoms with Crippen molar-refractivity contribution in [3.05, 3.63) is 52.9 Å². The van der Waals surface area contributed by atoms with E-state index in [1.54, 1.807) is 4.68 Å². The number of benzene rings is 1. The Morgan fingerprint density at radius 3 is 2.56 bits per heavy atom. The standard InChI is InChI=1S/C16H15F2N3O4/c17-11-4-10(5-12(18)6-11)9-25-16(24)20-2-1-3-21-13(8-20)7-14(19-21)15(22)23/h4-7H,1-3,8-9H2,(H,22,23). The fourth-order valence-corrected chi connectivity index (χ4v) is 2.65. The predicted octanol–water partition coefficient (Wildman–Crippen LogP) is 2.40. The van der Waals surface area contributed by atoms with E-state index in [9.17, 15) is 18.4 Å². The van der Waals surface area contributed by atoms with Crippen molar-refractivity contribution >= 4 is 12.1 Å². The number of fused-ring (bicyclic) bond motifs is 1. The van der Waals surface area contributed by atoms with Gasteiger partial charge in [0.1, 0.15) is 18.2 Å². The number of carboxylic acids is 1. The van der Waals surface area contributed by atoms with E-state index in [0.717, 1.165) is 18.2 Å². The summed E-state index contributed by atoms with van der Waals surface area (Å²) in [6.07, 6.45) is -0.0616. The fourth-order valence-electron chi connectivity index (χ4n) is 2.65. The summed E-state index contributed by atoms with van der Waals surface area (Å²) >= 11 is 0. The molecule has 1 aliphatic rings. The second kappa shape index (κ2) is 6.88. The highest BCUT2D eigenvalue weighted by molar-refractivity contribution is 5.85. The number of carbonyl (C=O) groups is 2. The van der Waals surface area contributed by atoms with E-state index in [0.29, 0.717) is 25.2 Å². The van der Waals surface area contributed by atoms with Gasteiger partial charge in [0.15, 0.2) is 5.69 Å². The minimum atomic E-state index is -1.14. The summed E-state index contributed by atoms with van der Waals surface area (Å²) in [5.41, 5.74) is 0.711. The number of rotatable bonds is 3. The van der Waals surface area contributed by atoms with Crippen LogP contribution < -0.4 is 0 Å². The van der Waals surface area contributed by atoms with Gasteiger partial charge < -0.3 is 14.7 Å². The Balaban J connectivity index is 1.66. The number of halogens is 2. The van der Waals surface area contributed by atoms with Crippen molar-refractivity contribution in [3.63, 3.8) is 0 Å². The molecule has 0 radical (unpaired) electrons. The molecule has 1 aromatic heterocycles. The van der Waals surface area contributed by atoms with Gasteiger partial charge in [-0.3, -0.25) is 4.68 Å². The number of nitrogens with zero attached hydrogens (tertiary/aromatic N) is 3. The molecule has 0 saturated heterocycles. The molecule has 2 aromatic rings.